The van der Waals surface area contributed by atoms with Gasteiger partial charge < -0.3 is 44.8 Å². The molecule has 24 heavy (non-hydrogen) atoms. The van der Waals surface area contributed by atoms with Crippen LogP contribution in [-0.2, 0) is 14.2 Å². The first kappa shape index (κ1) is 18.2. The Bertz CT molecular complexity index is 578. The summed E-state index contributed by atoms with van der Waals surface area (Å²) in [6.07, 6.45) is -6.94. The first-order valence-corrected chi connectivity index (χ1v) is 6.90. The molecule has 6 N–H and O–H groups in total. The van der Waals surface area contributed by atoms with Crippen LogP contribution in [0.2, 0.25) is 0 Å². The molecule has 10 heteroatoms. The number of ether oxygens (including phenoxy) is 3. The number of phenolic OH excluding ortho intramolecular Hbond substituents is 3. The van der Waals surface area contributed by atoms with Crippen LogP contribution >= 0.6 is 0 Å². The lowest BCUT2D eigenvalue weighted by molar-refractivity contribution is -0.294. The minimum atomic E-state index is -1.56. The number of phenols is 3. The third-order valence-electron chi connectivity index (χ3n) is 3.58. The lowest BCUT2D eigenvalue weighted by atomic mass is 9.99. The summed E-state index contributed by atoms with van der Waals surface area (Å²) in [5.74, 6) is -3.19. The highest BCUT2D eigenvalue weighted by Crippen LogP contribution is 2.35. The second-order valence-electron chi connectivity index (χ2n) is 5.21. The van der Waals surface area contributed by atoms with Crippen LogP contribution in [-0.4, -0.2) is 81.0 Å². The highest BCUT2D eigenvalue weighted by molar-refractivity contribution is 5.91. The van der Waals surface area contributed by atoms with E-state index in [2.05, 4.69) is 0 Å². The number of benzene rings is 1. The van der Waals surface area contributed by atoms with Gasteiger partial charge in [-0.15, -0.1) is 0 Å². The van der Waals surface area contributed by atoms with Gasteiger partial charge in [-0.25, -0.2) is 4.79 Å². The van der Waals surface area contributed by atoms with Crippen molar-refractivity contribution in [3.63, 3.8) is 0 Å². The lowest BCUT2D eigenvalue weighted by Crippen LogP contribution is -2.59. The molecule has 1 heterocycles. The number of carbonyl (C=O) groups is 1. The summed E-state index contributed by atoms with van der Waals surface area (Å²) in [5.41, 5.74) is -0.253. The fraction of sp³-hybridized carbons (Fsp3) is 0.500. The van der Waals surface area contributed by atoms with E-state index in [9.17, 15) is 35.4 Å². The van der Waals surface area contributed by atoms with Crippen LogP contribution < -0.4 is 0 Å². The summed E-state index contributed by atoms with van der Waals surface area (Å²) < 4.78 is 14.9. The third-order valence-corrected chi connectivity index (χ3v) is 3.58. The zero-order valence-corrected chi connectivity index (χ0v) is 12.6. The first-order valence-electron chi connectivity index (χ1n) is 6.90. The molecule has 0 amide bonds. The van der Waals surface area contributed by atoms with E-state index in [0.717, 1.165) is 12.1 Å². The maximum Gasteiger partial charge on any atom is 0.338 e. The topological polar surface area (TPSA) is 166 Å². The quantitative estimate of drug-likeness (QED) is 0.276. The van der Waals surface area contributed by atoms with Crippen LogP contribution in [0, 0.1) is 0 Å². The zero-order valence-electron chi connectivity index (χ0n) is 12.6. The SMILES string of the molecule is CO[C@@H]1O[C@H](COC(=O)c2cc(O)c(O)c(O)c2)[C@@H](O)[C@H](O)[C@H]1O. The van der Waals surface area contributed by atoms with Gasteiger partial charge in [0.1, 0.15) is 31.0 Å². The molecule has 1 aromatic rings. The number of aliphatic hydroxyl groups is 3. The van der Waals surface area contributed by atoms with Gasteiger partial charge in [-0.2, -0.15) is 0 Å². The van der Waals surface area contributed by atoms with Crippen LogP contribution in [0.4, 0.5) is 0 Å². The van der Waals surface area contributed by atoms with Gasteiger partial charge in [0, 0.05) is 7.11 Å². The summed E-state index contributed by atoms with van der Waals surface area (Å²) in [6, 6.07) is 1.76. The van der Waals surface area contributed by atoms with Crippen molar-refractivity contribution in [1.29, 1.82) is 0 Å². The zero-order chi connectivity index (χ0) is 18.0. The van der Waals surface area contributed by atoms with Crippen molar-refractivity contribution in [3.8, 4) is 17.2 Å². The largest absolute Gasteiger partial charge is 0.504 e. The van der Waals surface area contributed by atoms with Crippen molar-refractivity contribution < 1.29 is 49.6 Å². The Balaban J connectivity index is 2.03. The number of carbonyl (C=O) groups excluding carboxylic acids is 1. The Morgan fingerprint density at radius 2 is 1.67 bits per heavy atom. The molecule has 1 saturated heterocycles. The van der Waals surface area contributed by atoms with Gasteiger partial charge >= 0.3 is 5.97 Å². The summed E-state index contributed by atoms with van der Waals surface area (Å²) >= 11 is 0. The highest BCUT2D eigenvalue weighted by atomic mass is 16.7. The summed E-state index contributed by atoms with van der Waals surface area (Å²) in [6.45, 7) is -0.494. The molecule has 1 aromatic carbocycles. The van der Waals surface area contributed by atoms with E-state index in [0.29, 0.717) is 0 Å². The van der Waals surface area contributed by atoms with Crippen LogP contribution in [0.1, 0.15) is 10.4 Å². The van der Waals surface area contributed by atoms with Crippen LogP contribution in [0.3, 0.4) is 0 Å². The molecule has 0 unspecified atom stereocenters. The fourth-order valence-corrected chi connectivity index (χ4v) is 2.21. The maximum atomic E-state index is 11.9. The fourth-order valence-electron chi connectivity index (χ4n) is 2.21. The number of hydrogen-bond donors (Lipinski definition) is 6. The van der Waals surface area contributed by atoms with E-state index >= 15 is 0 Å². The van der Waals surface area contributed by atoms with Crippen molar-refractivity contribution in [2.75, 3.05) is 13.7 Å². The van der Waals surface area contributed by atoms with Crippen LogP contribution in [0.5, 0.6) is 17.2 Å². The number of rotatable bonds is 4. The minimum absolute atomic E-state index is 0.253. The first-order chi connectivity index (χ1) is 11.3. The highest BCUT2D eigenvalue weighted by Gasteiger charge is 2.44. The second-order valence-corrected chi connectivity index (χ2v) is 5.21. The Morgan fingerprint density at radius 1 is 1.08 bits per heavy atom. The molecule has 0 aromatic heterocycles. The normalized spacial score (nSPS) is 30.1. The van der Waals surface area contributed by atoms with Gasteiger partial charge in [-0.3, -0.25) is 0 Å². The van der Waals surface area contributed by atoms with Gasteiger partial charge in [0.05, 0.1) is 5.56 Å². The molecule has 1 fully saturated rings. The lowest BCUT2D eigenvalue weighted by Gasteiger charge is -2.39. The molecule has 10 nitrogen and oxygen atoms in total. The Hall–Kier alpha value is -2.11. The third kappa shape index (κ3) is 3.52. The van der Waals surface area contributed by atoms with Gasteiger partial charge in [0.25, 0.3) is 0 Å². The number of methoxy groups -OCH3 is 1. The van der Waals surface area contributed by atoms with E-state index < -0.39 is 60.5 Å². The number of aliphatic hydroxyl groups excluding tert-OH is 3. The summed E-state index contributed by atoms with van der Waals surface area (Å²) in [7, 11) is 1.23. The Labute approximate surface area is 136 Å². The Morgan fingerprint density at radius 3 is 2.21 bits per heavy atom. The molecule has 2 rings (SSSR count). The second kappa shape index (κ2) is 7.20. The number of esters is 1. The van der Waals surface area contributed by atoms with E-state index in [4.69, 9.17) is 14.2 Å². The smallest absolute Gasteiger partial charge is 0.338 e. The number of aromatic hydroxyl groups is 3. The average Bonchev–Trinajstić information content (AvgIpc) is 2.56. The molecule has 0 aliphatic carbocycles. The van der Waals surface area contributed by atoms with Crippen molar-refractivity contribution in [3.05, 3.63) is 17.7 Å². The summed E-state index contributed by atoms with van der Waals surface area (Å²) in [5, 5.41) is 57.1. The van der Waals surface area contributed by atoms with Gasteiger partial charge in [0.15, 0.2) is 23.5 Å². The summed E-state index contributed by atoms with van der Waals surface area (Å²) in [4.78, 5) is 11.9. The average molecular weight is 346 g/mol. The van der Waals surface area contributed by atoms with E-state index in [1.54, 1.807) is 0 Å². The minimum Gasteiger partial charge on any atom is -0.504 e. The van der Waals surface area contributed by atoms with Crippen LogP contribution in [0.25, 0.3) is 0 Å². The number of hydrogen-bond acceptors (Lipinski definition) is 10. The Kier molecular flexibility index (Phi) is 5.47. The van der Waals surface area contributed by atoms with Crippen molar-refractivity contribution in [2.24, 2.45) is 0 Å². The van der Waals surface area contributed by atoms with E-state index in [1.165, 1.54) is 7.11 Å². The monoisotopic (exact) mass is 346 g/mol. The van der Waals surface area contributed by atoms with Gasteiger partial charge in [0.2, 0.25) is 0 Å². The molecular formula is C14H18O10. The molecule has 0 bridgehead atoms. The standard InChI is InChI=1S/C14H18O10/c1-22-14-12(20)11(19)10(18)8(24-14)4-23-13(21)5-2-6(15)9(17)7(16)3-5/h2-3,8,10-12,14-20H,4H2,1H3/t8-,10-,11+,12-,14-/m1/s1. The van der Waals surface area contributed by atoms with E-state index in [1.807, 2.05) is 0 Å². The molecule has 0 saturated carbocycles. The predicted octanol–water partition coefficient (Wildman–Crippen LogP) is -1.59. The van der Waals surface area contributed by atoms with Crippen molar-refractivity contribution >= 4 is 5.97 Å². The molecule has 0 radical (unpaired) electrons. The molecule has 5 atom stereocenters. The maximum absolute atomic E-state index is 11.9. The van der Waals surface area contributed by atoms with Crippen LogP contribution in [0.15, 0.2) is 12.1 Å². The van der Waals surface area contributed by atoms with Gasteiger partial charge in [-0.1, -0.05) is 0 Å². The molecular weight excluding hydrogens is 328 g/mol. The van der Waals surface area contributed by atoms with E-state index in [-0.39, 0.29) is 5.56 Å². The molecule has 0 spiro atoms. The predicted molar refractivity (Wildman–Crippen MR) is 75.4 cm³/mol. The van der Waals surface area contributed by atoms with Crippen molar-refractivity contribution in [2.45, 2.75) is 30.7 Å². The molecule has 1 aliphatic heterocycles. The van der Waals surface area contributed by atoms with Gasteiger partial charge in [-0.05, 0) is 12.1 Å². The van der Waals surface area contributed by atoms with Crippen molar-refractivity contribution in [1.82, 2.24) is 0 Å². The molecule has 1 aliphatic rings. The molecule has 134 valence electrons.